The van der Waals surface area contributed by atoms with Crippen LogP contribution in [0.15, 0.2) is 180 Å². The number of rotatable bonds is 6. The lowest BCUT2D eigenvalue weighted by molar-refractivity contribution is 0.670. The molecule has 4 heteroatoms. The van der Waals surface area contributed by atoms with Crippen LogP contribution in [0.2, 0.25) is 0 Å². The van der Waals surface area contributed by atoms with Gasteiger partial charge in [0.15, 0.2) is 17.5 Å². The molecule has 0 atom stereocenters. The molecule has 10 rings (SSSR count). The summed E-state index contributed by atoms with van der Waals surface area (Å²) < 4.78 is 6.86. The van der Waals surface area contributed by atoms with Gasteiger partial charge in [-0.1, -0.05) is 146 Å². The number of hydrogen-bond acceptors (Lipinski definition) is 4. The van der Waals surface area contributed by atoms with Gasteiger partial charge in [0.05, 0.1) is 0 Å². The van der Waals surface area contributed by atoms with Crippen molar-refractivity contribution in [3.63, 3.8) is 0 Å². The Morgan fingerprint density at radius 2 is 1.05 bits per heavy atom. The van der Waals surface area contributed by atoms with E-state index in [9.17, 15) is 0 Å². The molecule has 0 fully saturated rings. The van der Waals surface area contributed by atoms with Gasteiger partial charge in [0.1, 0.15) is 11.2 Å². The van der Waals surface area contributed by atoms with Gasteiger partial charge in [0.2, 0.25) is 0 Å². The van der Waals surface area contributed by atoms with E-state index in [0.29, 0.717) is 17.5 Å². The van der Waals surface area contributed by atoms with Crippen molar-refractivity contribution in [2.24, 2.45) is 0 Å². The van der Waals surface area contributed by atoms with Crippen LogP contribution in [0.3, 0.4) is 0 Å². The van der Waals surface area contributed by atoms with Gasteiger partial charge in [0, 0.05) is 33.0 Å². The quantitative estimate of drug-likeness (QED) is 0.162. The predicted molar refractivity (Wildman–Crippen MR) is 230 cm³/mol. The van der Waals surface area contributed by atoms with Gasteiger partial charge in [0.25, 0.3) is 0 Å². The third-order valence-electron chi connectivity index (χ3n) is 10.6. The fourth-order valence-corrected chi connectivity index (χ4v) is 7.83. The molecule has 0 unspecified atom stereocenters. The summed E-state index contributed by atoms with van der Waals surface area (Å²) in [6.45, 7) is 4.03. The highest BCUT2D eigenvalue weighted by molar-refractivity contribution is 6.24. The first-order valence-electron chi connectivity index (χ1n) is 18.7. The van der Waals surface area contributed by atoms with Crippen molar-refractivity contribution in [2.75, 3.05) is 0 Å². The second kappa shape index (κ2) is 13.4. The zero-order chi connectivity index (χ0) is 36.9. The van der Waals surface area contributed by atoms with Gasteiger partial charge in [-0.25, -0.2) is 15.0 Å². The van der Waals surface area contributed by atoms with E-state index in [1.807, 2.05) is 32.1 Å². The molecule has 0 aliphatic rings. The molecule has 55 heavy (non-hydrogen) atoms. The molecule has 0 radical (unpaired) electrons. The van der Waals surface area contributed by atoms with Gasteiger partial charge in [-0.05, 0) is 93.2 Å². The molecule has 0 aliphatic carbocycles. The fraction of sp³-hybridized carbons (Fsp3) is 0.0392. The van der Waals surface area contributed by atoms with Crippen LogP contribution in [0.4, 0.5) is 0 Å². The highest BCUT2D eigenvalue weighted by Crippen LogP contribution is 2.44. The van der Waals surface area contributed by atoms with E-state index in [1.54, 1.807) is 0 Å². The highest BCUT2D eigenvalue weighted by atomic mass is 16.3. The van der Waals surface area contributed by atoms with Crippen molar-refractivity contribution in [2.45, 2.75) is 13.8 Å². The second-order valence-corrected chi connectivity index (χ2v) is 13.9. The lowest BCUT2D eigenvalue weighted by Crippen LogP contribution is -2.02. The molecular weight excluding hydrogens is 671 g/mol. The van der Waals surface area contributed by atoms with Crippen LogP contribution in [0.1, 0.15) is 19.7 Å². The van der Waals surface area contributed by atoms with Crippen molar-refractivity contribution in [3.8, 4) is 45.0 Å². The van der Waals surface area contributed by atoms with E-state index in [0.717, 1.165) is 66.1 Å². The van der Waals surface area contributed by atoms with Gasteiger partial charge in [-0.2, -0.15) is 0 Å². The average Bonchev–Trinajstić information content (AvgIpc) is 3.65. The number of furan rings is 1. The maximum absolute atomic E-state index is 6.86. The Kier molecular flexibility index (Phi) is 7.88. The topological polar surface area (TPSA) is 51.8 Å². The first-order valence-corrected chi connectivity index (χ1v) is 18.7. The van der Waals surface area contributed by atoms with Gasteiger partial charge in [-0.3, -0.25) is 0 Å². The van der Waals surface area contributed by atoms with Crippen molar-refractivity contribution < 1.29 is 4.42 Å². The highest BCUT2D eigenvalue weighted by Gasteiger charge is 2.22. The zero-order valence-electron chi connectivity index (χ0n) is 30.5. The standard InChI is InChI=1S/C51H35N3O/c1-3-11-32(4-2)49-52-50(37-22-18-35(19-23-37)40-24-20-33-12-5-7-15-38(33)30-40)54-51(53-49)44-28-27-43(41-25-21-34-13-6-8-16-39(34)31-41)48-47(44)46-42-17-10-9-14-36(42)26-29-45(46)55-48/h3-31H,1-2H3/b11-3-,32-4+. The summed E-state index contributed by atoms with van der Waals surface area (Å²) in [6.07, 6.45) is 6.11. The number of fused-ring (bicyclic) bond motifs is 7. The summed E-state index contributed by atoms with van der Waals surface area (Å²) in [6, 6.07) is 55.6. The molecule has 4 nitrogen and oxygen atoms in total. The SMILES string of the molecule is C/C=C\C(=C/C)c1nc(-c2ccc(-c3ccc4ccccc4c3)cc2)nc(-c2ccc(-c3ccc4ccccc4c3)c3oc4ccc5ccccc5c4c23)n1. The summed E-state index contributed by atoms with van der Waals surface area (Å²) in [5.74, 6) is 1.81. The Bertz CT molecular complexity index is 3170. The van der Waals surface area contributed by atoms with E-state index in [1.165, 1.54) is 27.1 Å². The van der Waals surface area contributed by atoms with Crippen LogP contribution in [0, 0.1) is 0 Å². The van der Waals surface area contributed by atoms with Gasteiger partial charge >= 0.3 is 0 Å². The van der Waals surface area contributed by atoms with Crippen LogP contribution >= 0.6 is 0 Å². The predicted octanol–water partition coefficient (Wildman–Crippen LogP) is 13.9. The Morgan fingerprint density at radius 3 is 1.78 bits per heavy atom. The van der Waals surface area contributed by atoms with Crippen molar-refractivity contribution >= 4 is 59.8 Å². The van der Waals surface area contributed by atoms with Gasteiger partial charge < -0.3 is 4.42 Å². The maximum Gasteiger partial charge on any atom is 0.164 e. The van der Waals surface area contributed by atoms with Crippen molar-refractivity contribution in [1.29, 1.82) is 0 Å². The van der Waals surface area contributed by atoms with E-state index in [-0.39, 0.29) is 0 Å². The molecule has 0 amide bonds. The second-order valence-electron chi connectivity index (χ2n) is 13.9. The third kappa shape index (κ3) is 5.67. The van der Waals surface area contributed by atoms with E-state index in [2.05, 4.69) is 158 Å². The molecule has 2 aromatic heterocycles. The normalized spacial score (nSPS) is 12.2. The van der Waals surface area contributed by atoms with Gasteiger partial charge in [-0.15, -0.1) is 0 Å². The number of benzene rings is 8. The van der Waals surface area contributed by atoms with Crippen LogP contribution in [0.25, 0.3) is 105 Å². The number of nitrogens with zero attached hydrogens (tertiary/aromatic N) is 3. The molecule has 2 heterocycles. The lowest BCUT2D eigenvalue weighted by atomic mass is 9.95. The van der Waals surface area contributed by atoms with E-state index >= 15 is 0 Å². The Morgan fingerprint density at radius 1 is 0.473 bits per heavy atom. The maximum atomic E-state index is 6.86. The molecule has 0 N–H and O–H groups in total. The molecule has 0 bridgehead atoms. The molecule has 0 saturated heterocycles. The Labute approximate surface area is 318 Å². The lowest BCUT2D eigenvalue weighted by Gasteiger charge is -2.12. The van der Waals surface area contributed by atoms with Crippen molar-refractivity contribution in [3.05, 3.63) is 182 Å². The molecule has 8 aromatic carbocycles. The minimum Gasteiger partial charge on any atom is -0.455 e. The molecule has 0 saturated carbocycles. The Balaban J connectivity index is 1.19. The number of allylic oxidation sites excluding steroid dienone is 4. The number of aromatic nitrogens is 3. The first kappa shape index (κ1) is 32.5. The summed E-state index contributed by atoms with van der Waals surface area (Å²) in [7, 11) is 0. The van der Waals surface area contributed by atoms with E-state index in [4.69, 9.17) is 19.4 Å². The average molecular weight is 706 g/mol. The minimum atomic E-state index is 0.591. The Hall–Kier alpha value is -7.17. The largest absolute Gasteiger partial charge is 0.455 e. The molecule has 10 aromatic rings. The summed E-state index contributed by atoms with van der Waals surface area (Å²) in [4.78, 5) is 15.5. The smallest absolute Gasteiger partial charge is 0.164 e. The van der Waals surface area contributed by atoms with Crippen molar-refractivity contribution in [1.82, 2.24) is 15.0 Å². The van der Waals surface area contributed by atoms with E-state index < -0.39 is 0 Å². The van der Waals surface area contributed by atoms with Crippen LogP contribution in [0.5, 0.6) is 0 Å². The zero-order valence-corrected chi connectivity index (χ0v) is 30.5. The first-order chi connectivity index (χ1) is 27.1. The minimum absolute atomic E-state index is 0.591. The monoisotopic (exact) mass is 705 g/mol. The van der Waals surface area contributed by atoms with Crippen LogP contribution in [-0.4, -0.2) is 15.0 Å². The van der Waals surface area contributed by atoms with Crippen LogP contribution < -0.4 is 0 Å². The molecule has 0 spiro atoms. The summed E-state index contributed by atoms with van der Waals surface area (Å²) in [5.41, 5.74) is 8.77. The molecule has 0 aliphatic heterocycles. The number of hydrogen-bond donors (Lipinski definition) is 0. The summed E-state index contributed by atoms with van der Waals surface area (Å²) in [5, 5.41) is 9.13. The molecule has 260 valence electrons. The third-order valence-corrected chi connectivity index (χ3v) is 10.6. The fourth-order valence-electron chi connectivity index (χ4n) is 7.83. The summed E-state index contributed by atoms with van der Waals surface area (Å²) >= 11 is 0. The van der Waals surface area contributed by atoms with Crippen LogP contribution in [-0.2, 0) is 0 Å². The molecular formula is C51H35N3O.